The van der Waals surface area contributed by atoms with Gasteiger partial charge in [-0.05, 0) is 160 Å². The fourth-order valence-corrected chi connectivity index (χ4v) is 12.3. The van der Waals surface area contributed by atoms with Crippen LogP contribution in [0.5, 0.6) is 0 Å². The van der Waals surface area contributed by atoms with Crippen LogP contribution in [0.3, 0.4) is 0 Å². The fourth-order valence-electron chi connectivity index (χ4n) is 12.3. The van der Waals surface area contributed by atoms with Crippen molar-refractivity contribution in [2.75, 3.05) is 0 Å². The molecule has 2 nitrogen and oxygen atoms in total. The topological polar surface area (TPSA) is 37.3 Å². The molecule has 2 heteroatoms. The number of allylic oxidation sites excluding steroid dienone is 11. The molecule has 0 bridgehead atoms. The summed E-state index contributed by atoms with van der Waals surface area (Å²) in [6.07, 6.45) is 31.1. The molecule has 3 saturated carbocycles. The maximum absolute atomic E-state index is 12.8. The molecular formula is C47H72O2. The first-order valence-corrected chi connectivity index (χ1v) is 20.4. The van der Waals surface area contributed by atoms with Crippen LogP contribution in [0.15, 0.2) is 69.9 Å². The van der Waals surface area contributed by atoms with Crippen molar-refractivity contribution in [3.8, 4) is 0 Å². The van der Waals surface area contributed by atoms with Gasteiger partial charge >= 0.3 is 5.97 Å². The van der Waals surface area contributed by atoms with Gasteiger partial charge in [-0.15, -0.1) is 0 Å². The first-order chi connectivity index (χ1) is 23.1. The van der Waals surface area contributed by atoms with E-state index in [4.69, 9.17) is 0 Å². The van der Waals surface area contributed by atoms with E-state index in [0.717, 1.165) is 60.3 Å². The second-order valence-electron chi connectivity index (χ2n) is 19.2. The summed E-state index contributed by atoms with van der Waals surface area (Å²) in [5.41, 5.74) is 8.28. The monoisotopic (exact) mass is 669 g/mol. The zero-order valence-electron chi connectivity index (χ0n) is 33.3. The van der Waals surface area contributed by atoms with Crippen LogP contribution in [0, 0.1) is 57.7 Å². The van der Waals surface area contributed by atoms with E-state index in [9.17, 15) is 9.90 Å². The molecule has 0 aromatic carbocycles. The molecule has 0 heterocycles. The second kappa shape index (κ2) is 15.3. The van der Waals surface area contributed by atoms with Gasteiger partial charge in [0, 0.05) is 5.57 Å². The van der Waals surface area contributed by atoms with Gasteiger partial charge in [-0.3, -0.25) is 0 Å². The Labute approximate surface area is 301 Å². The van der Waals surface area contributed by atoms with Crippen LogP contribution in [0.4, 0.5) is 0 Å². The molecule has 0 aromatic heterocycles. The molecule has 272 valence electrons. The summed E-state index contributed by atoms with van der Waals surface area (Å²) in [7, 11) is 0. The Morgan fingerprint density at radius 2 is 1.71 bits per heavy atom. The molecule has 5 aliphatic carbocycles. The number of rotatable bonds is 11. The van der Waals surface area contributed by atoms with E-state index in [0.29, 0.717) is 11.0 Å². The number of aliphatic carboxylic acids is 1. The fraction of sp³-hybridized carbons (Fsp3) is 0.723. The van der Waals surface area contributed by atoms with Crippen LogP contribution in [0.1, 0.15) is 159 Å². The lowest BCUT2D eigenvalue weighted by atomic mass is 9.46. The predicted octanol–water partition coefficient (Wildman–Crippen LogP) is 13.6. The van der Waals surface area contributed by atoms with Gasteiger partial charge in [-0.1, -0.05) is 121 Å². The van der Waals surface area contributed by atoms with Gasteiger partial charge in [0.1, 0.15) is 0 Å². The molecule has 0 radical (unpaired) electrons. The minimum atomic E-state index is -0.736. The maximum Gasteiger partial charge on any atom is 0.332 e. The molecule has 5 aliphatic rings. The van der Waals surface area contributed by atoms with E-state index in [1.807, 2.05) is 13.0 Å². The largest absolute Gasteiger partial charge is 0.478 e. The zero-order chi connectivity index (χ0) is 35.7. The number of hydrogen-bond donors (Lipinski definition) is 1. The van der Waals surface area contributed by atoms with Crippen molar-refractivity contribution in [1.29, 1.82) is 0 Å². The van der Waals surface area contributed by atoms with Crippen molar-refractivity contribution in [3.05, 3.63) is 69.9 Å². The summed E-state index contributed by atoms with van der Waals surface area (Å²) in [6.45, 7) is 23.7. The van der Waals surface area contributed by atoms with Gasteiger partial charge in [0.15, 0.2) is 0 Å². The molecule has 0 spiro atoms. The highest BCUT2D eigenvalue weighted by molar-refractivity contribution is 5.88. The van der Waals surface area contributed by atoms with Gasteiger partial charge in [-0.2, -0.15) is 0 Å². The number of carboxylic acid groups (broad SMARTS) is 1. The average molecular weight is 669 g/mol. The number of hydrogen-bond acceptors (Lipinski definition) is 1. The van der Waals surface area contributed by atoms with Crippen LogP contribution in [-0.2, 0) is 4.79 Å². The molecule has 49 heavy (non-hydrogen) atoms. The third-order valence-electron chi connectivity index (χ3n) is 15.1. The Balaban J connectivity index is 1.27. The first-order valence-electron chi connectivity index (χ1n) is 20.4. The Morgan fingerprint density at radius 3 is 2.41 bits per heavy atom. The molecule has 8 atom stereocenters. The first kappa shape index (κ1) is 38.1. The number of carbonyl (C=O) groups is 1. The van der Waals surface area contributed by atoms with Crippen molar-refractivity contribution in [2.45, 2.75) is 159 Å². The summed E-state index contributed by atoms with van der Waals surface area (Å²) in [4.78, 5) is 12.8. The molecule has 0 aliphatic heterocycles. The summed E-state index contributed by atoms with van der Waals surface area (Å²) >= 11 is 0. The van der Waals surface area contributed by atoms with Gasteiger partial charge in [-0.25, -0.2) is 4.79 Å². The van der Waals surface area contributed by atoms with E-state index >= 15 is 0 Å². The average Bonchev–Trinajstić information content (AvgIpc) is 3.37. The van der Waals surface area contributed by atoms with Crippen LogP contribution < -0.4 is 0 Å². The molecule has 1 N–H and O–H groups in total. The highest BCUT2D eigenvalue weighted by Gasteiger charge is 2.59. The van der Waals surface area contributed by atoms with Crippen LogP contribution >= 0.6 is 0 Å². The van der Waals surface area contributed by atoms with E-state index in [1.165, 1.54) is 87.3 Å². The molecule has 0 amide bonds. The smallest absolute Gasteiger partial charge is 0.332 e. The molecule has 5 rings (SSSR count). The second-order valence-corrected chi connectivity index (χ2v) is 19.2. The van der Waals surface area contributed by atoms with Gasteiger partial charge in [0.2, 0.25) is 0 Å². The third-order valence-corrected chi connectivity index (χ3v) is 15.1. The third kappa shape index (κ3) is 7.89. The van der Waals surface area contributed by atoms with Crippen LogP contribution in [-0.4, -0.2) is 11.1 Å². The van der Waals surface area contributed by atoms with Crippen molar-refractivity contribution >= 4 is 5.97 Å². The minimum absolute atomic E-state index is 0.0999. The van der Waals surface area contributed by atoms with Gasteiger partial charge in [0.05, 0.1) is 0 Å². The summed E-state index contributed by atoms with van der Waals surface area (Å²) < 4.78 is 0. The van der Waals surface area contributed by atoms with E-state index in [2.05, 4.69) is 92.7 Å². The lowest BCUT2D eigenvalue weighted by Gasteiger charge is -2.58. The normalized spacial score (nSPS) is 36.0. The Hall–Kier alpha value is -2.09. The minimum Gasteiger partial charge on any atom is -0.478 e. The number of fused-ring (bicyclic) bond motifs is 5. The summed E-state index contributed by atoms with van der Waals surface area (Å²) in [6, 6.07) is 0. The summed E-state index contributed by atoms with van der Waals surface area (Å²) in [5, 5.41) is 10.5. The molecule has 0 saturated heterocycles. The quantitative estimate of drug-likeness (QED) is 0.135. The Kier molecular flexibility index (Phi) is 11.9. The predicted molar refractivity (Wildman–Crippen MR) is 209 cm³/mol. The van der Waals surface area contributed by atoms with Crippen molar-refractivity contribution < 1.29 is 9.90 Å². The molecular weight excluding hydrogens is 597 g/mol. The molecule has 0 aromatic rings. The van der Waals surface area contributed by atoms with Gasteiger partial charge in [0.25, 0.3) is 0 Å². The molecule has 3 fully saturated rings. The lowest BCUT2D eigenvalue weighted by molar-refractivity contribution is -0.133. The Morgan fingerprint density at radius 1 is 0.959 bits per heavy atom. The standard InChI is InChI=1S/C47H72O2/c1-31(2)14-11-16-34(5)40-23-24-41-38-21-20-37-30-36(25-28-46(37,9)42(38)26-29-47(40,41)10)43(44(48)49)35(6)17-12-15-32(3)19-22-39-33(4)18-13-27-45(39,7)8/h12,15,17,19-20,22,31,34,36,38,40-42H,11,13-14,16,18,21,23-30H2,1-10H3,(H,48,49)/t34-,36-,38+,40-,41+,42+,46+,47-/m1/s1. The van der Waals surface area contributed by atoms with Crippen LogP contribution in [0.2, 0.25) is 0 Å². The highest BCUT2D eigenvalue weighted by Crippen LogP contribution is 2.68. The zero-order valence-corrected chi connectivity index (χ0v) is 33.3. The highest BCUT2D eigenvalue weighted by atomic mass is 16.4. The summed E-state index contributed by atoms with van der Waals surface area (Å²) in [5.74, 6) is 4.35. The molecule has 0 unspecified atom stereocenters. The number of carboxylic acids is 1. The van der Waals surface area contributed by atoms with Gasteiger partial charge < -0.3 is 5.11 Å². The van der Waals surface area contributed by atoms with Crippen molar-refractivity contribution in [2.24, 2.45) is 57.7 Å². The lowest BCUT2D eigenvalue weighted by Crippen LogP contribution is -2.50. The van der Waals surface area contributed by atoms with E-state index in [-0.39, 0.29) is 16.7 Å². The van der Waals surface area contributed by atoms with E-state index in [1.54, 1.807) is 5.57 Å². The van der Waals surface area contributed by atoms with Crippen LogP contribution in [0.25, 0.3) is 0 Å². The Bertz CT molecular complexity index is 1410. The van der Waals surface area contributed by atoms with Crippen molar-refractivity contribution in [3.63, 3.8) is 0 Å². The SMILES string of the molecule is CC(C=CC1=C(C)CCCC1(C)C)=CC=CC(C)=C(C(=O)O)[C@@H]1CC[C@@]2(C)C(=CC[C@H]3[C@@H]4CC[C@H]([C@H](C)CCCC(C)C)[C@@]4(C)CC[C@@H]32)C1. The maximum atomic E-state index is 12.8. The van der Waals surface area contributed by atoms with Crippen molar-refractivity contribution in [1.82, 2.24) is 0 Å². The van der Waals surface area contributed by atoms with E-state index < -0.39 is 5.97 Å².